The summed E-state index contributed by atoms with van der Waals surface area (Å²) in [6.45, 7) is 3.97. The van der Waals surface area contributed by atoms with Gasteiger partial charge in [0.05, 0.1) is 0 Å². The van der Waals surface area contributed by atoms with E-state index in [9.17, 15) is 9.59 Å². The van der Waals surface area contributed by atoms with Crippen LogP contribution in [0.25, 0.3) is 0 Å². The van der Waals surface area contributed by atoms with E-state index in [0.29, 0.717) is 14.7 Å². The van der Waals surface area contributed by atoms with Crippen molar-refractivity contribution in [2.75, 3.05) is 10.6 Å². The Hall–Kier alpha value is -2.21. The molecule has 0 aliphatic heterocycles. The second kappa shape index (κ2) is 7.13. The molecule has 0 bridgehead atoms. The van der Waals surface area contributed by atoms with Gasteiger partial charge in [-0.15, -0.1) is 0 Å². The number of benzene rings is 1. The third-order valence-corrected chi connectivity index (χ3v) is 5.96. The van der Waals surface area contributed by atoms with Crippen LogP contribution in [0.3, 0.4) is 0 Å². The molecule has 2 N–H and O–H groups in total. The van der Waals surface area contributed by atoms with Gasteiger partial charge >= 0.3 is 149 Å². The number of thiophene rings is 1. The van der Waals surface area contributed by atoms with Gasteiger partial charge in [0.1, 0.15) is 0 Å². The first-order chi connectivity index (χ1) is 11.5. The number of rotatable bonds is 4. The minimum absolute atomic E-state index is 0.175. The molecule has 24 heavy (non-hydrogen) atoms. The van der Waals surface area contributed by atoms with Crippen molar-refractivity contribution in [3.05, 3.63) is 62.4 Å². The zero-order valence-electron chi connectivity index (χ0n) is 13.1. The number of hydrogen-bond donors (Lipinski definition) is 2. The molecule has 0 fully saturated rings. The molecule has 5 nitrogen and oxygen atoms in total. The van der Waals surface area contributed by atoms with Crippen LogP contribution in [0.5, 0.6) is 0 Å². The molecule has 0 radical (unpaired) electrons. The quantitative estimate of drug-likeness (QED) is 0.656. The van der Waals surface area contributed by atoms with Gasteiger partial charge in [-0.3, -0.25) is 0 Å². The number of aromatic nitrogens is 1. The van der Waals surface area contributed by atoms with E-state index >= 15 is 0 Å². The van der Waals surface area contributed by atoms with Gasteiger partial charge in [-0.25, -0.2) is 0 Å². The standard InChI is InChI=1S/C17H15N3O2SSe/c1-10-3-4-13(11(2)7-10)19-16(22)14-8-18-17(24-14)20-15(21)12-5-6-23-9-12/h3-9H,1-2H3,(H,19,22)(H,18,20,21). The van der Waals surface area contributed by atoms with Crippen LogP contribution in [0.1, 0.15) is 30.7 Å². The summed E-state index contributed by atoms with van der Waals surface area (Å²) in [6, 6.07) is 7.63. The van der Waals surface area contributed by atoms with Gasteiger partial charge in [-0.1, -0.05) is 0 Å². The predicted molar refractivity (Wildman–Crippen MR) is 97.3 cm³/mol. The van der Waals surface area contributed by atoms with Crippen molar-refractivity contribution in [2.45, 2.75) is 13.8 Å². The van der Waals surface area contributed by atoms with Crippen LogP contribution < -0.4 is 10.6 Å². The Morgan fingerprint density at radius 3 is 2.67 bits per heavy atom. The SMILES string of the molecule is Cc1ccc(NC(=O)c2cnc(NC(=O)c3ccsc3)[se]2)c(C)c1. The van der Waals surface area contributed by atoms with Crippen molar-refractivity contribution < 1.29 is 9.59 Å². The summed E-state index contributed by atoms with van der Waals surface area (Å²) in [4.78, 5) is 28.5. The summed E-state index contributed by atoms with van der Waals surface area (Å²) < 4.78 is 1.13. The van der Waals surface area contributed by atoms with E-state index in [0.717, 1.165) is 16.8 Å². The van der Waals surface area contributed by atoms with Crippen molar-refractivity contribution in [3.63, 3.8) is 0 Å². The molecular weight excluding hydrogens is 389 g/mol. The summed E-state index contributed by atoms with van der Waals surface area (Å²) in [5.41, 5.74) is 3.56. The zero-order valence-corrected chi connectivity index (χ0v) is 15.7. The van der Waals surface area contributed by atoms with Crippen molar-refractivity contribution in [1.29, 1.82) is 0 Å². The van der Waals surface area contributed by atoms with E-state index in [4.69, 9.17) is 0 Å². The fourth-order valence-electron chi connectivity index (χ4n) is 2.14. The van der Waals surface area contributed by atoms with E-state index in [-0.39, 0.29) is 26.3 Å². The molecule has 0 saturated heterocycles. The number of amides is 2. The topological polar surface area (TPSA) is 71.1 Å². The number of hydrogen-bond acceptors (Lipinski definition) is 4. The van der Waals surface area contributed by atoms with Crippen molar-refractivity contribution >= 4 is 48.0 Å². The molecule has 0 unspecified atom stereocenters. The Bertz CT molecular complexity index is 887. The molecule has 0 aliphatic rings. The fraction of sp³-hybridized carbons (Fsp3) is 0.118. The first-order valence-electron chi connectivity index (χ1n) is 7.21. The Kier molecular flexibility index (Phi) is 4.94. The molecule has 2 heterocycles. The van der Waals surface area contributed by atoms with Crippen LogP contribution in [0.4, 0.5) is 10.4 Å². The molecule has 7 heteroatoms. The third-order valence-electron chi connectivity index (χ3n) is 3.36. The van der Waals surface area contributed by atoms with Gasteiger partial charge in [0, 0.05) is 0 Å². The maximum absolute atomic E-state index is 12.4. The molecule has 0 spiro atoms. The van der Waals surface area contributed by atoms with Crippen molar-refractivity contribution in [1.82, 2.24) is 4.98 Å². The number of carbonyl (C=O) groups is 2. The summed E-state index contributed by atoms with van der Waals surface area (Å²) >= 11 is 1.15. The average molecular weight is 404 g/mol. The maximum atomic E-state index is 12.4. The molecule has 0 atom stereocenters. The Morgan fingerprint density at radius 1 is 1.12 bits per heavy atom. The number of nitrogens with zero attached hydrogens (tertiary/aromatic N) is 1. The summed E-state index contributed by atoms with van der Waals surface area (Å²) in [5, 5.41) is 9.29. The first kappa shape index (κ1) is 16.6. The summed E-state index contributed by atoms with van der Waals surface area (Å²) in [7, 11) is 0. The number of nitrogens with one attached hydrogen (secondary N) is 2. The van der Waals surface area contributed by atoms with Gasteiger partial charge in [0.25, 0.3) is 0 Å². The van der Waals surface area contributed by atoms with Crippen LogP contribution in [0, 0.1) is 13.8 Å². The Labute approximate surface area is 149 Å². The van der Waals surface area contributed by atoms with E-state index in [1.165, 1.54) is 17.5 Å². The molecule has 1 aromatic carbocycles. The molecular formula is C17H15N3O2SSe. The van der Waals surface area contributed by atoms with Crippen LogP contribution >= 0.6 is 11.3 Å². The van der Waals surface area contributed by atoms with E-state index in [2.05, 4.69) is 15.6 Å². The predicted octanol–water partition coefficient (Wildman–Crippen LogP) is 3.32. The Morgan fingerprint density at radius 2 is 1.96 bits per heavy atom. The van der Waals surface area contributed by atoms with Gasteiger partial charge in [-0.2, -0.15) is 0 Å². The fourth-order valence-corrected chi connectivity index (χ4v) is 4.26. The normalized spacial score (nSPS) is 10.4. The minimum atomic E-state index is -0.311. The van der Waals surface area contributed by atoms with E-state index in [1.54, 1.807) is 11.4 Å². The second-order valence-corrected chi connectivity index (χ2v) is 8.21. The molecule has 2 aromatic heterocycles. The van der Waals surface area contributed by atoms with Crippen LogP contribution in [-0.2, 0) is 0 Å². The molecule has 0 saturated carbocycles. The van der Waals surface area contributed by atoms with Gasteiger partial charge in [0.15, 0.2) is 0 Å². The number of carbonyl (C=O) groups excluding carboxylic acids is 2. The number of aryl methyl sites for hydroxylation is 2. The van der Waals surface area contributed by atoms with Crippen LogP contribution in [0.15, 0.2) is 41.2 Å². The van der Waals surface area contributed by atoms with Gasteiger partial charge in [0.2, 0.25) is 0 Å². The molecule has 3 aromatic rings. The molecule has 3 rings (SSSR count). The monoisotopic (exact) mass is 405 g/mol. The van der Waals surface area contributed by atoms with Gasteiger partial charge < -0.3 is 0 Å². The third kappa shape index (κ3) is 3.82. The van der Waals surface area contributed by atoms with Crippen LogP contribution in [-0.4, -0.2) is 31.3 Å². The van der Waals surface area contributed by atoms with Gasteiger partial charge in [-0.05, 0) is 0 Å². The van der Waals surface area contributed by atoms with Crippen LogP contribution in [0.2, 0.25) is 0 Å². The van der Waals surface area contributed by atoms with E-state index < -0.39 is 0 Å². The second-order valence-electron chi connectivity index (χ2n) is 5.27. The summed E-state index contributed by atoms with van der Waals surface area (Å²) in [5.74, 6) is -0.369. The number of anilines is 2. The first-order valence-corrected chi connectivity index (χ1v) is 9.86. The van der Waals surface area contributed by atoms with Crippen molar-refractivity contribution in [3.8, 4) is 0 Å². The van der Waals surface area contributed by atoms with Crippen molar-refractivity contribution in [2.24, 2.45) is 0 Å². The van der Waals surface area contributed by atoms with E-state index in [1.807, 2.05) is 37.4 Å². The average Bonchev–Trinajstić information content (AvgIpc) is 3.21. The zero-order chi connectivity index (χ0) is 17.1. The Balaban J connectivity index is 1.68. The molecule has 122 valence electrons. The molecule has 0 aliphatic carbocycles. The summed E-state index contributed by atoms with van der Waals surface area (Å²) in [6.07, 6.45) is 1.53. The molecule has 2 amide bonds.